The largest absolute Gasteiger partial charge is 0.316 e. The topological polar surface area (TPSA) is 29.3 Å². The van der Waals surface area contributed by atoms with E-state index in [2.05, 4.69) is 46.0 Å². The van der Waals surface area contributed by atoms with E-state index in [-0.39, 0.29) is 0 Å². The molecule has 0 aromatic carbocycles. The maximum Gasteiger partial charge on any atom is 0.136 e. The molecule has 3 heterocycles. The fourth-order valence-electron chi connectivity index (χ4n) is 3.01. The summed E-state index contributed by atoms with van der Waals surface area (Å²) in [5.41, 5.74) is 2.49. The van der Waals surface area contributed by atoms with E-state index in [1.807, 2.05) is 6.20 Å². The summed E-state index contributed by atoms with van der Waals surface area (Å²) in [6.45, 7) is 4.57. The van der Waals surface area contributed by atoms with Gasteiger partial charge in [0.25, 0.3) is 0 Å². The molecule has 3 heteroatoms. The van der Waals surface area contributed by atoms with Crippen LogP contribution in [-0.4, -0.2) is 22.5 Å². The SMILES string of the molecule is CCC1CNCCC1c1cccc2nccn12. The first-order chi connectivity index (χ1) is 8.40. The van der Waals surface area contributed by atoms with Crippen molar-refractivity contribution in [1.29, 1.82) is 0 Å². The Morgan fingerprint density at radius 3 is 3.29 bits per heavy atom. The minimum Gasteiger partial charge on any atom is -0.316 e. The molecule has 0 spiro atoms. The number of imidazole rings is 1. The lowest BCUT2D eigenvalue weighted by atomic mass is 9.82. The van der Waals surface area contributed by atoms with Gasteiger partial charge < -0.3 is 9.72 Å². The van der Waals surface area contributed by atoms with E-state index in [0.29, 0.717) is 5.92 Å². The number of rotatable bonds is 2. The molecule has 90 valence electrons. The highest BCUT2D eigenvalue weighted by atomic mass is 15.0. The van der Waals surface area contributed by atoms with Crippen LogP contribution in [0.4, 0.5) is 0 Å². The summed E-state index contributed by atoms with van der Waals surface area (Å²) < 4.78 is 2.25. The molecule has 1 aliphatic rings. The molecular weight excluding hydrogens is 210 g/mol. The molecule has 0 amide bonds. The Bertz CT molecular complexity index is 503. The molecule has 3 nitrogen and oxygen atoms in total. The van der Waals surface area contributed by atoms with Crippen LogP contribution in [0.1, 0.15) is 31.4 Å². The highest BCUT2D eigenvalue weighted by molar-refractivity contribution is 5.40. The van der Waals surface area contributed by atoms with Gasteiger partial charge in [-0.25, -0.2) is 4.98 Å². The van der Waals surface area contributed by atoms with Crippen molar-refractivity contribution in [1.82, 2.24) is 14.7 Å². The number of nitrogens with one attached hydrogen (secondary N) is 1. The van der Waals surface area contributed by atoms with Crippen molar-refractivity contribution >= 4 is 5.65 Å². The van der Waals surface area contributed by atoms with Crippen LogP contribution >= 0.6 is 0 Å². The van der Waals surface area contributed by atoms with Gasteiger partial charge in [-0.15, -0.1) is 0 Å². The zero-order valence-electron chi connectivity index (χ0n) is 10.3. The minimum atomic E-state index is 0.666. The lowest BCUT2D eigenvalue weighted by Crippen LogP contribution is -2.35. The molecular formula is C14H19N3. The predicted octanol–water partition coefficient (Wildman–Crippen LogP) is 2.44. The van der Waals surface area contributed by atoms with Crippen molar-refractivity contribution in [3.63, 3.8) is 0 Å². The van der Waals surface area contributed by atoms with Gasteiger partial charge >= 0.3 is 0 Å². The number of aromatic nitrogens is 2. The normalized spacial score (nSPS) is 25.2. The molecule has 17 heavy (non-hydrogen) atoms. The van der Waals surface area contributed by atoms with Gasteiger partial charge in [0.05, 0.1) is 0 Å². The molecule has 1 fully saturated rings. The molecule has 1 aliphatic heterocycles. The van der Waals surface area contributed by atoms with Crippen LogP contribution in [0.15, 0.2) is 30.6 Å². The van der Waals surface area contributed by atoms with Gasteiger partial charge in [0.15, 0.2) is 0 Å². The molecule has 2 atom stereocenters. The third-order valence-electron chi connectivity index (χ3n) is 3.97. The lowest BCUT2D eigenvalue weighted by molar-refractivity contribution is 0.311. The zero-order chi connectivity index (χ0) is 11.7. The number of hydrogen-bond acceptors (Lipinski definition) is 2. The highest BCUT2D eigenvalue weighted by Crippen LogP contribution is 2.32. The van der Waals surface area contributed by atoms with E-state index >= 15 is 0 Å². The van der Waals surface area contributed by atoms with Gasteiger partial charge in [-0.1, -0.05) is 19.4 Å². The Morgan fingerprint density at radius 1 is 1.47 bits per heavy atom. The van der Waals surface area contributed by atoms with Crippen LogP contribution in [0.25, 0.3) is 5.65 Å². The predicted molar refractivity (Wildman–Crippen MR) is 69.2 cm³/mol. The molecule has 2 aromatic rings. The Morgan fingerprint density at radius 2 is 2.41 bits per heavy atom. The molecule has 1 saturated heterocycles. The first-order valence-corrected chi connectivity index (χ1v) is 6.53. The van der Waals surface area contributed by atoms with Crippen LogP contribution in [-0.2, 0) is 0 Å². The van der Waals surface area contributed by atoms with E-state index in [0.717, 1.165) is 24.7 Å². The number of hydrogen-bond donors (Lipinski definition) is 1. The summed E-state index contributed by atoms with van der Waals surface area (Å²) in [6, 6.07) is 6.46. The van der Waals surface area contributed by atoms with E-state index < -0.39 is 0 Å². The van der Waals surface area contributed by atoms with Crippen molar-refractivity contribution in [3.05, 3.63) is 36.3 Å². The quantitative estimate of drug-likeness (QED) is 0.857. The Balaban J connectivity index is 2.04. The standard InChI is InChI=1S/C14H19N3/c1-2-11-10-15-7-6-12(11)13-4-3-5-14-16-8-9-17(13)14/h3-5,8-9,11-12,15H,2,6-7,10H2,1H3. The van der Waals surface area contributed by atoms with Gasteiger partial charge in [-0.05, 0) is 37.6 Å². The molecule has 1 N–H and O–H groups in total. The molecule has 2 unspecified atom stereocenters. The summed E-state index contributed by atoms with van der Waals surface area (Å²) in [4.78, 5) is 4.37. The number of fused-ring (bicyclic) bond motifs is 1. The van der Waals surface area contributed by atoms with Crippen molar-refractivity contribution in [2.45, 2.75) is 25.7 Å². The summed E-state index contributed by atoms with van der Waals surface area (Å²) in [5.74, 6) is 1.41. The third kappa shape index (κ3) is 1.84. The number of piperidine rings is 1. The zero-order valence-corrected chi connectivity index (χ0v) is 10.3. The summed E-state index contributed by atoms with van der Waals surface area (Å²) in [6.07, 6.45) is 6.44. The Hall–Kier alpha value is -1.35. The van der Waals surface area contributed by atoms with Gasteiger partial charge in [0, 0.05) is 24.0 Å². The van der Waals surface area contributed by atoms with Gasteiger partial charge in [0.2, 0.25) is 0 Å². The van der Waals surface area contributed by atoms with E-state index in [9.17, 15) is 0 Å². The maximum atomic E-state index is 4.37. The van der Waals surface area contributed by atoms with E-state index in [1.54, 1.807) is 0 Å². The maximum absolute atomic E-state index is 4.37. The van der Waals surface area contributed by atoms with E-state index in [4.69, 9.17) is 0 Å². The fourth-order valence-corrected chi connectivity index (χ4v) is 3.01. The molecule has 0 saturated carbocycles. The second kappa shape index (κ2) is 4.49. The van der Waals surface area contributed by atoms with Crippen molar-refractivity contribution in [2.24, 2.45) is 5.92 Å². The van der Waals surface area contributed by atoms with Crippen LogP contribution in [0, 0.1) is 5.92 Å². The molecule has 0 radical (unpaired) electrons. The molecule has 2 aromatic heterocycles. The van der Waals surface area contributed by atoms with Crippen molar-refractivity contribution in [2.75, 3.05) is 13.1 Å². The van der Waals surface area contributed by atoms with E-state index in [1.165, 1.54) is 18.5 Å². The first-order valence-electron chi connectivity index (χ1n) is 6.53. The minimum absolute atomic E-state index is 0.666. The molecule has 0 bridgehead atoms. The summed E-state index contributed by atoms with van der Waals surface area (Å²) >= 11 is 0. The summed E-state index contributed by atoms with van der Waals surface area (Å²) in [7, 11) is 0. The van der Waals surface area contributed by atoms with Gasteiger partial charge in [-0.2, -0.15) is 0 Å². The monoisotopic (exact) mass is 229 g/mol. The smallest absolute Gasteiger partial charge is 0.136 e. The van der Waals surface area contributed by atoms with Gasteiger partial charge in [-0.3, -0.25) is 0 Å². The lowest BCUT2D eigenvalue weighted by Gasteiger charge is -2.32. The highest BCUT2D eigenvalue weighted by Gasteiger charge is 2.26. The average Bonchev–Trinajstić information content (AvgIpc) is 2.86. The third-order valence-corrected chi connectivity index (χ3v) is 3.97. The second-order valence-corrected chi connectivity index (χ2v) is 4.87. The average molecular weight is 229 g/mol. The molecule has 0 aliphatic carbocycles. The van der Waals surface area contributed by atoms with Gasteiger partial charge in [0.1, 0.15) is 5.65 Å². The Kier molecular flexibility index (Phi) is 2.85. The summed E-state index contributed by atoms with van der Waals surface area (Å²) in [5, 5.41) is 3.50. The van der Waals surface area contributed by atoms with Crippen molar-refractivity contribution in [3.8, 4) is 0 Å². The number of pyridine rings is 1. The van der Waals surface area contributed by atoms with Crippen LogP contribution in [0.3, 0.4) is 0 Å². The second-order valence-electron chi connectivity index (χ2n) is 4.87. The number of nitrogens with zero attached hydrogens (tertiary/aromatic N) is 2. The van der Waals surface area contributed by atoms with Crippen molar-refractivity contribution < 1.29 is 0 Å². The fraction of sp³-hybridized carbons (Fsp3) is 0.500. The Labute approximate surface area is 102 Å². The van der Waals surface area contributed by atoms with Crippen LogP contribution < -0.4 is 5.32 Å². The first kappa shape index (κ1) is 10.8. The molecule has 3 rings (SSSR count). The van der Waals surface area contributed by atoms with Crippen LogP contribution in [0.5, 0.6) is 0 Å². The van der Waals surface area contributed by atoms with Crippen LogP contribution in [0.2, 0.25) is 0 Å².